The van der Waals surface area contributed by atoms with E-state index in [2.05, 4.69) is 4.98 Å². The fraction of sp³-hybridized carbons (Fsp3) is 0.0556. The lowest BCUT2D eigenvalue weighted by atomic mass is 9.80. The zero-order valence-electron chi connectivity index (χ0n) is 12.4. The van der Waals surface area contributed by atoms with Gasteiger partial charge in [0, 0.05) is 22.5 Å². The van der Waals surface area contributed by atoms with Crippen molar-refractivity contribution in [1.82, 2.24) is 4.98 Å². The van der Waals surface area contributed by atoms with Crippen molar-refractivity contribution in [3.05, 3.63) is 63.4 Å². The number of pyridine rings is 1. The summed E-state index contributed by atoms with van der Waals surface area (Å²) in [6.45, 7) is 1.64. The summed E-state index contributed by atoms with van der Waals surface area (Å²) < 4.78 is 0. The Kier molecular flexibility index (Phi) is 2.92. The molecular weight excluding hydrogens is 330 g/mol. The number of halogens is 1. The highest BCUT2D eigenvalue weighted by Crippen LogP contribution is 2.45. The van der Waals surface area contributed by atoms with Gasteiger partial charge in [-0.05, 0) is 12.5 Å². The number of carbonyl (C=O) groups is 2. The number of phenols is 2. The Morgan fingerprint density at radius 1 is 0.875 bits per heavy atom. The molecular formula is C18H10ClNO4. The second-order valence-corrected chi connectivity index (χ2v) is 5.99. The molecule has 0 bridgehead atoms. The summed E-state index contributed by atoms with van der Waals surface area (Å²) in [4.78, 5) is 29.7. The maximum atomic E-state index is 12.9. The summed E-state index contributed by atoms with van der Waals surface area (Å²) in [5.74, 6) is -1.85. The first-order chi connectivity index (χ1) is 11.4. The first-order valence-electron chi connectivity index (χ1n) is 7.14. The van der Waals surface area contributed by atoms with Crippen LogP contribution in [0.3, 0.4) is 0 Å². The fourth-order valence-electron chi connectivity index (χ4n) is 3.18. The monoisotopic (exact) mass is 339 g/mol. The van der Waals surface area contributed by atoms with Crippen molar-refractivity contribution in [2.45, 2.75) is 6.92 Å². The van der Waals surface area contributed by atoms with Crippen LogP contribution in [-0.4, -0.2) is 26.8 Å². The van der Waals surface area contributed by atoms with Gasteiger partial charge in [0.15, 0.2) is 5.78 Å². The van der Waals surface area contributed by atoms with E-state index in [1.54, 1.807) is 31.2 Å². The van der Waals surface area contributed by atoms with E-state index in [9.17, 15) is 19.8 Å². The third kappa shape index (κ3) is 1.67. The van der Waals surface area contributed by atoms with Gasteiger partial charge in [-0.2, -0.15) is 0 Å². The Morgan fingerprint density at radius 3 is 1.92 bits per heavy atom. The van der Waals surface area contributed by atoms with Gasteiger partial charge in [0.1, 0.15) is 16.7 Å². The maximum absolute atomic E-state index is 12.9. The minimum absolute atomic E-state index is 0.0425. The molecule has 0 spiro atoms. The first kappa shape index (κ1) is 14.7. The molecule has 0 radical (unpaired) electrons. The van der Waals surface area contributed by atoms with Crippen LogP contribution in [0.5, 0.6) is 11.5 Å². The molecule has 6 heteroatoms. The van der Waals surface area contributed by atoms with Gasteiger partial charge in [0.25, 0.3) is 0 Å². The molecule has 24 heavy (non-hydrogen) atoms. The summed E-state index contributed by atoms with van der Waals surface area (Å²) in [7, 11) is 0. The van der Waals surface area contributed by atoms with E-state index in [0.29, 0.717) is 10.9 Å². The van der Waals surface area contributed by atoms with Crippen LogP contribution in [0.4, 0.5) is 0 Å². The molecule has 3 aromatic rings. The Morgan fingerprint density at radius 2 is 1.38 bits per heavy atom. The van der Waals surface area contributed by atoms with Crippen molar-refractivity contribution in [2.75, 3.05) is 0 Å². The smallest absolute Gasteiger partial charge is 0.201 e. The van der Waals surface area contributed by atoms with Gasteiger partial charge in [-0.3, -0.25) is 9.59 Å². The van der Waals surface area contributed by atoms with Crippen LogP contribution < -0.4 is 0 Å². The fourth-order valence-corrected chi connectivity index (χ4v) is 3.41. The first-order valence-corrected chi connectivity index (χ1v) is 7.52. The molecule has 0 fully saturated rings. The highest BCUT2D eigenvalue weighted by Gasteiger charge is 2.38. The van der Waals surface area contributed by atoms with Crippen molar-refractivity contribution < 1.29 is 19.8 Å². The van der Waals surface area contributed by atoms with E-state index in [0.717, 1.165) is 0 Å². The maximum Gasteiger partial charge on any atom is 0.201 e. The largest absolute Gasteiger partial charge is 0.506 e. The zero-order valence-corrected chi connectivity index (χ0v) is 13.2. The molecule has 1 aromatic heterocycles. The number of hydrogen-bond acceptors (Lipinski definition) is 5. The Labute approximate surface area is 141 Å². The molecule has 2 N–H and O–H groups in total. The van der Waals surface area contributed by atoms with Gasteiger partial charge in [-0.25, -0.2) is 4.98 Å². The number of phenolic OH excluding ortho intramolecular Hbond substituents is 2. The van der Waals surface area contributed by atoms with Crippen molar-refractivity contribution >= 4 is 33.9 Å². The third-order valence-corrected chi connectivity index (χ3v) is 4.58. The Hall–Kier alpha value is -2.92. The molecule has 0 unspecified atom stereocenters. The molecule has 1 aliphatic carbocycles. The van der Waals surface area contributed by atoms with Crippen LogP contribution in [0.1, 0.15) is 37.4 Å². The topological polar surface area (TPSA) is 87.5 Å². The molecule has 4 rings (SSSR count). The number of ketones is 2. The predicted octanol–water partition coefficient (Wildman–Crippen LogP) is 3.38. The van der Waals surface area contributed by atoms with Gasteiger partial charge in [-0.1, -0.05) is 35.9 Å². The van der Waals surface area contributed by atoms with Crippen molar-refractivity contribution in [3.63, 3.8) is 0 Å². The summed E-state index contributed by atoms with van der Waals surface area (Å²) in [5.41, 5.74) is 0.106. The minimum atomic E-state index is -0.626. The number of rotatable bonds is 0. The van der Waals surface area contributed by atoms with Crippen LogP contribution in [-0.2, 0) is 0 Å². The van der Waals surface area contributed by atoms with Gasteiger partial charge in [0.2, 0.25) is 5.78 Å². The number of aromatic hydroxyl groups is 2. The van der Waals surface area contributed by atoms with Crippen LogP contribution in [0.2, 0.25) is 5.15 Å². The Bertz CT molecular complexity index is 1000. The SMILES string of the molecule is Cc1cnc(Cl)c2c1C(=O)c1c(c(O)c3ccccc3c1O)C2=O. The van der Waals surface area contributed by atoms with Crippen LogP contribution in [0.25, 0.3) is 10.8 Å². The molecule has 1 heterocycles. The number of aromatic nitrogens is 1. The lowest BCUT2D eigenvalue weighted by molar-refractivity contribution is 0.0974. The lowest BCUT2D eigenvalue weighted by Crippen LogP contribution is -2.23. The van der Waals surface area contributed by atoms with Gasteiger partial charge in [0.05, 0.1) is 16.7 Å². The average molecular weight is 340 g/mol. The molecule has 5 nitrogen and oxygen atoms in total. The summed E-state index contributed by atoms with van der Waals surface area (Å²) in [6.07, 6.45) is 1.40. The average Bonchev–Trinajstić information content (AvgIpc) is 2.58. The molecule has 0 saturated heterocycles. The van der Waals surface area contributed by atoms with E-state index in [1.807, 2.05) is 0 Å². The second-order valence-electron chi connectivity index (χ2n) is 5.63. The highest BCUT2D eigenvalue weighted by atomic mass is 35.5. The van der Waals surface area contributed by atoms with Gasteiger partial charge >= 0.3 is 0 Å². The molecule has 0 atom stereocenters. The van der Waals surface area contributed by atoms with Crippen molar-refractivity contribution in [3.8, 4) is 11.5 Å². The van der Waals surface area contributed by atoms with E-state index < -0.39 is 11.6 Å². The molecule has 118 valence electrons. The summed E-state index contributed by atoms with van der Waals surface area (Å²) in [5, 5.41) is 21.6. The number of nitrogens with zero attached hydrogens (tertiary/aromatic N) is 1. The Balaban J connectivity index is 2.21. The van der Waals surface area contributed by atoms with Gasteiger partial charge in [-0.15, -0.1) is 0 Å². The number of aryl methyl sites for hydroxylation is 1. The quantitative estimate of drug-likeness (QED) is 0.379. The number of carbonyl (C=O) groups excluding carboxylic acids is 2. The molecule has 1 aliphatic rings. The molecule has 0 saturated carbocycles. The lowest BCUT2D eigenvalue weighted by Gasteiger charge is -2.22. The normalized spacial score (nSPS) is 13.1. The standard InChI is InChI=1S/C18H10ClNO4/c1-7-6-20-18(19)13-10(7)16(23)11-12(17(13)24)15(22)9-5-3-2-4-8(9)14(11)21/h2-6,21-22H,1H3. The van der Waals surface area contributed by atoms with E-state index >= 15 is 0 Å². The predicted molar refractivity (Wildman–Crippen MR) is 88.1 cm³/mol. The third-order valence-electron chi connectivity index (χ3n) is 4.29. The molecule has 2 aromatic carbocycles. The number of benzene rings is 2. The summed E-state index contributed by atoms with van der Waals surface area (Å²) >= 11 is 6.02. The minimum Gasteiger partial charge on any atom is -0.506 e. The van der Waals surface area contributed by atoms with Crippen molar-refractivity contribution in [1.29, 1.82) is 0 Å². The van der Waals surface area contributed by atoms with Crippen LogP contribution in [0.15, 0.2) is 30.5 Å². The second kappa shape index (κ2) is 4.79. The molecule has 0 amide bonds. The number of hydrogen-bond donors (Lipinski definition) is 2. The number of fused-ring (bicyclic) bond motifs is 3. The van der Waals surface area contributed by atoms with Crippen LogP contribution in [0, 0.1) is 6.92 Å². The van der Waals surface area contributed by atoms with E-state index in [1.165, 1.54) is 6.20 Å². The molecule has 0 aliphatic heterocycles. The van der Waals surface area contributed by atoms with E-state index in [-0.39, 0.29) is 44.3 Å². The highest BCUT2D eigenvalue weighted by molar-refractivity contribution is 6.39. The zero-order chi connectivity index (χ0) is 17.2. The van der Waals surface area contributed by atoms with Gasteiger partial charge < -0.3 is 10.2 Å². The van der Waals surface area contributed by atoms with E-state index in [4.69, 9.17) is 11.6 Å². The summed E-state index contributed by atoms with van der Waals surface area (Å²) in [6, 6.07) is 6.47. The van der Waals surface area contributed by atoms with Crippen LogP contribution >= 0.6 is 11.6 Å². The van der Waals surface area contributed by atoms with Crippen molar-refractivity contribution in [2.24, 2.45) is 0 Å².